The van der Waals surface area contributed by atoms with Gasteiger partial charge in [-0.2, -0.15) is 0 Å². The monoisotopic (exact) mass is 267 g/mol. The van der Waals surface area contributed by atoms with Crippen LogP contribution in [0.2, 0.25) is 0 Å². The van der Waals surface area contributed by atoms with Crippen molar-refractivity contribution in [2.45, 2.75) is 38.2 Å². The molecule has 102 valence electrons. The van der Waals surface area contributed by atoms with Gasteiger partial charge < -0.3 is 10.1 Å². The lowest BCUT2D eigenvalue weighted by Crippen LogP contribution is -2.20. The molecule has 0 radical (unpaired) electrons. The molecule has 18 heavy (non-hydrogen) atoms. The first kappa shape index (κ1) is 15.5. The van der Waals surface area contributed by atoms with Crippen LogP contribution < -0.4 is 5.32 Å². The fourth-order valence-corrected chi connectivity index (χ4v) is 2.51. The molecule has 0 aliphatic carbocycles. The maximum absolute atomic E-state index is 5.49. The van der Waals surface area contributed by atoms with Gasteiger partial charge in [-0.05, 0) is 45.9 Å². The first-order chi connectivity index (χ1) is 8.68. The van der Waals surface area contributed by atoms with E-state index in [1.165, 1.54) is 10.5 Å². The third-order valence-corrected chi connectivity index (χ3v) is 3.48. The molecule has 0 heterocycles. The summed E-state index contributed by atoms with van der Waals surface area (Å²) in [7, 11) is 0. The number of benzene rings is 1. The molecule has 0 saturated carbocycles. The van der Waals surface area contributed by atoms with Gasteiger partial charge in [0.1, 0.15) is 0 Å². The lowest BCUT2D eigenvalue weighted by atomic mass is 10.2. The molecule has 0 atom stereocenters. The number of nitrogens with one attached hydrogen (secondary N) is 1. The van der Waals surface area contributed by atoms with E-state index >= 15 is 0 Å². The molecule has 0 bridgehead atoms. The minimum atomic E-state index is 0.349. The van der Waals surface area contributed by atoms with E-state index in [4.69, 9.17) is 4.74 Å². The lowest BCUT2D eigenvalue weighted by molar-refractivity contribution is 0.0772. The Morgan fingerprint density at radius 3 is 2.83 bits per heavy atom. The van der Waals surface area contributed by atoms with Crippen LogP contribution in [0, 0.1) is 6.92 Å². The number of thioether (sulfide) groups is 1. The Hall–Kier alpha value is -0.510. The smallest absolute Gasteiger partial charge is 0.0518 e. The predicted molar refractivity (Wildman–Crippen MR) is 80.5 cm³/mol. The minimum absolute atomic E-state index is 0.349. The van der Waals surface area contributed by atoms with Gasteiger partial charge in [0.25, 0.3) is 0 Å². The van der Waals surface area contributed by atoms with E-state index in [1.807, 2.05) is 11.8 Å². The molecule has 0 aliphatic heterocycles. The molecule has 0 fully saturated rings. The SMILES string of the molecule is Cc1cccc(SCCNCCCOC(C)C)c1. The summed E-state index contributed by atoms with van der Waals surface area (Å²) in [6.45, 7) is 9.24. The fraction of sp³-hybridized carbons (Fsp3) is 0.600. The van der Waals surface area contributed by atoms with Gasteiger partial charge in [0.2, 0.25) is 0 Å². The van der Waals surface area contributed by atoms with E-state index < -0.39 is 0 Å². The molecule has 1 aromatic rings. The van der Waals surface area contributed by atoms with Gasteiger partial charge in [-0.3, -0.25) is 0 Å². The van der Waals surface area contributed by atoms with Crippen molar-refractivity contribution in [1.82, 2.24) is 5.32 Å². The zero-order chi connectivity index (χ0) is 13.2. The van der Waals surface area contributed by atoms with Crippen LogP contribution in [0.4, 0.5) is 0 Å². The van der Waals surface area contributed by atoms with E-state index in [9.17, 15) is 0 Å². The summed E-state index contributed by atoms with van der Waals surface area (Å²) < 4.78 is 5.49. The van der Waals surface area contributed by atoms with Crippen molar-refractivity contribution >= 4 is 11.8 Å². The van der Waals surface area contributed by atoms with E-state index in [-0.39, 0.29) is 0 Å². The number of hydrogen-bond acceptors (Lipinski definition) is 3. The van der Waals surface area contributed by atoms with Gasteiger partial charge in [0, 0.05) is 23.8 Å². The average Bonchev–Trinajstić information content (AvgIpc) is 2.32. The average molecular weight is 267 g/mol. The van der Waals surface area contributed by atoms with Crippen LogP contribution in [0.25, 0.3) is 0 Å². The Morgan fingerprint density at radius 1 is 1.28 bits per heavy atom. The summed E-state index contributed by atoms with van der Waals surface area (Å²) in [5, 5.41) is 3.44. The van der Waals surface area contributed by atoms with Gasteiger partial charge in [-0.15, -0.1) is 11.8 Å². The third-order valence-electron chi connectivity index (χ3n) is 2.49. The maximum atomic E-state index is 5.49. The van der Waals surface area contributed by atoms with Gasteiger partial charge in [-0.25, -0.2) is 0 Å². The topological polar surface area (TPSA) is 21.3 Å². The van der Waals surface area contributed by atoms with Crippen molar-refractivity contribution in [2.24, 2.45) is 0 Å². The molecular weight excluding hydrogens is 242 g/mol. The lowest BCUT2D eigenvalue weighted by Gasteiger charge is -2.08. The minimum Gasteiger partial charge on any atom is -0.379 e. The molecule has 0 amide bonds. The zero-order valence-corrected chi connectivity index (χ0v) is 12.6. The summed E-state index contributed by atoms with van der Waals surface area (Å²) in [5.74, 6) is 1.12. The summed E-state index contributed by atoms with van der Waals surface area (Å²) in [6.07, 6.45) is 1.44. The predicted octanol–water partition coefficient (Wildman–Crippen LogP) is 3.49. The number of hydrogen-bond donors (Lipinski definition) is 1. The van der Waals surface area contributed by atoms with Gasteiger partial charge in [-0.1, -0.05) is 17.7 Å². The number of aryl methyl sites for hydroxylation is 1. The van der Waals surface area contributed by atoms with Gasteiger partial charge in [0.05, 0.1) is 6.10 Å². The van der Waals surface area contributed by atoms with Crippen LogP contribution in [-0.4, -0.2) is 31.6 Å². The van der Waals surface area contributed by atoms with Crippen molar-refractivity contribution in [2.75, 3.05) is 25.4 Å². The summed E-state index contributed by atoms with van der Waals surface area (Å²) in [4.78, 5) is 1.36. The molecule has 2 nitrogen and oxygen atoms in total. The van der Waals surface area contributed by atoms with Crippen LogP contribution >= 0.6 is 11.8 Å². The second-order valence-electron chi connectivity index (χ2n) is 4.69. The van der Waals surface area contributed by atoms with Crippen molar-refractivity contribution in [3.05, 3.63) is 29.8 Å². The van der Waals surface area contributed by atoms with Crippen molar-refractivity contribution < 1.29 is 4.74 Å². The molecule has 0 aromatic heterocycles. The second kappa shape index (κ2) is 9.42. The van der Waals surface area contributed by atoms with Gasteiger partial charge >= 0.3 is 0 Å². The number of ether oxygens (including phenoxy) is 1. The van der Waals surface area contributed by atoms with Crippen molar-refractivity contribution in [3.63, 3.8) is 0 Å². The summed E-state index contributed by atoms with van der Waals surface area (Å²) in [5.41, 5.74) is 1.33. The van der Waals surface area contributed by atoms with E-state index in [0.717, 1.165) is 31.9 Å². The van der Waals surface area contributed by atoms with Crippen molar-refractivity contribution in [1.29, 1.82) is 0 Å². The molecule has 1 aromatic carbocycles. The van der Waals surface area contributed by atoms with Crippen LogP contribution in [0.3, 0.4) is 0 Å². The molecule has 1 rings (SSSR count). The molecule has 1 N–H and O–H groups in total. The highest BCUT2D eigenvalue weighted by molar-refractivity contribution is 7.99. The second-order valence-corrected chi connectivity index (χ2v) is 5.86. The summed E-state index contributed by atoms with van der Waals surface area (Å²) >= 11 is 1.91. The standard InChI is InChI=1S/C15H25NOS/c1-13(2)17-10-5-8-16-9-11-18-15-7-4-6-14(3)12-15/h4,6-7,12-13,16H,5,8-11H2,1-3H3. The third kappa shape index (κ3) is 7.75. The first-order valence-electron chi connectivity index (χ1n) is 6.70. The van der Waals surface area contributed by atoms with Crippen LogP contribution in [0.1, 0.15) is 25.8 Å². The Labute approximate surface area is 116 Å². The van der Waals surface area contributed by atoms with E-state index in [2.05, 4.69) is 50.4 Å². The summed E-state index contributed by atoms with van der Waals surface area (Å²) in [6, 6.07) is 8.67. The van der Waals surface area contributed by atoms with Crippen LogP contribution in [0.5, 0.6) is 0 Å². The Balaban J connectivity index is 1.96. The molecule has 0 unspecified atom stereocenters. The van der Waals surface area contributed by atoms with Gasteiger partial charge in [0.15, 0.2) is 0 Å². The largest absolute Gasteiger partial charge is 0.379 e. The Morgan fingerprint density at radius 2 is 2.11 bits per heavy atom. The molecular formula is C15H25NOS. The molecule has 0 spiro atoms. The molecule has 3 heteroatoms. The Bertz CT molecular complexity index is 328. The quantitative estimate of drug-likeness (QED) is 0.546. The fourth-order valence-electron chi connectivity index (χ4n) is 1.59. The Kier molecular flexibility index (Phi) is 8.14. The van der Waals surface area contributed by atoms with Crippen molar-refractivity contribution in [3.8, 4) is 0 Å². The van der Waals surface area contributed by atoms with E-state index in [1.54, 1.807) is 0 Å². The molecule has 0 saturated heterocycles. The van der Waals surface area contributed by atoms with E-state index in [0.29, 0.717) is 6.10 Å². The number of rotatable bonds is 9. The first-order valence-corrected chi connectivity index (χ1v) is 7.69. The molecule has 0 aliphatic rings. The highest BCUT2D eigenvalue weighted by Crippen LogP contribution is 2.17. The van der Waals surface area contributed by atoms with Crippen LogP contribution in [0.15, 0.2) is 29.2 Å². The highest BCUT2D eigenvalue weighted by Gasteiger charge is 1.95. The zero-order valence-electron chi connectivity index (χ0n) is 11.7. The maximum Gasteiger partial charge on any atom is 0.0518 e. The highest BCUT2D eigenvalue weighted by atomic mass is 32.2. The van der Waals surface area contributed by atoms with Crippen LogP contribution in [-0.2, 0) is 4.74 Å². The normalized spacial score (nSPS) is 11.1.